The Bertz CT molecular complexity index is 988. The summed E-state index contributed by atoms with van der Waals surface area (Å²) in [6.07, 6.45) is 0. The van der Waals surface area contributed by atoms with Gasteiger partial charge in [-0.25, -0.2) is 8.42 Å². The number of amides is 1. The molecule has 2 aromatic carbocycles. The first-order chi connectivity index (χ1) is 13.1. The fraction of sp³-hybridized carbons (Fsp3) is 0.350. The fourth-order valence-corrected chi connectivity index (χ4v) is 5.21. The Balaban J connectivity index is 1.74. The third-order valence-electron chi connectivity index (χ3n) is 4.72. The highest BCUT2D eigenvalue weighted by Gasteiger charge is 2.33. The van der Waals surface area contributed by atoms with E-state index in [1.807, 2.05) is 32.9 Å². The van der Waals surface area contributed by atoms with E-state index in [9.17, 15) is 13.2 Å². The van der Waals surface area contributed by atoms with Gasteiger partial charge in [0.1, 0.15) is 0 Å². The standard InChI is InChI=1S/C20H24IN3O3S/c1-14-4-5-15(12-18(14)21)19(25)23-16-6-8-17(9-7-16)28(26,27)24-11-10-22-20(2,3)13-24/h4-9,12,22H,10-11,13H2,1-3H3,(H,23,25). The third-order valence-corrected chi connectivity index (χ3v) is 7.74. The maximum atomic E-state index is 12.9. The summed E-state index contributed by atoms with van der Waals surface area (Å²) >= 11 is 2.20. The number of nitrogens with zero attached hydrogens (tertiary/aromatic N) is 1. The van der Waals surface area contributed by atoms with Crippen molar-refractivity contribution in [1.82, 2.24) is 9.62 Å². The Kier molecular flexibility index (Phi) is 6.14. The highest BCUT2D eigenvalue weighted by molar-refractivity contribution is 14.1. The van der Waals surface area contributed by atoms with Crippen LogP contribution in [0.1, 0.15) is 29.8 Å². The van der Waals surface area contributed by atoms with Crippen LogP contribution in [-0.4, -0.2) is 43.8 Å². The Morgan fingerprint density at radius 1 is 1.18 bits per heavy atom. The number of sulfonamides is 1. The minimum Gasteiger partial charge on any atom is -0.322 e. The van der Waals surface area contributed by atoms with Gasteiger partial charge in [-0.05, 0) is 85.3 Å². The number of piperazine rings is 1. The van der Waals surface area contributed by atoms with Gasteiger partial charge in [0.2, 0.25) is 10.0 Å². The number of nitrogens with one attached hydrogen (secondary N) is 2. The van der Waals surface area contributed by atoms with E-state index in [0.717, 1.165) is 9.13 Å². The number of anilines is 1. The molecule has 0 aliphatic carbocycles. The van der Waals surface area contributed by atoms with Crippen LogP contribution in [0.15, 0.2) is 47.4 Å². The molecular weight excluding hydrogens is 489 g/mol. The van der Waals surface area contributed by atoms with Crippen molar-refractivity contribution >= 4 is 44.2 Å². The Labute approximate surface area is 179 Å². The van der Waals surface area contributed by atoms with Crippen molar-refractivity contribution in [3.8, 4) is 0 Å². The van der Waals surface area contributed by atoms with Crippen molar-refractivity contribution in [3.63, 3.8) is 0 Å². The molecular formula is C20H24IN3O3S. The van der Waals surface area contributed by atoms with Gasteiger partial charge in [-0.15, -0.1) is 0 Å². The molecule has 1 heterocycles. The van der Waals surface area contributed by atoms with E-state index in [2.05, 4.69) is 33.2 Å². The number of carbonyl (C=O) groups is 1. The lowest BCUT2D eigenvalue weighted by Crippen LogP contribution is -2.58. The van der Waals surface area contributed by atoms with E-state index in [1.165, 1.54) is 4.31 Å². The molecule has 150 valence electrons. The van der Waals surface area contributed by atoms with E-state index >= 15 is 0 Å². The fourth-order valence-electron chi connectivity index (χ4n) is 3.10. The first kappa shape index (κ1) is 21.2. The largest absolute Gasteiger partial charge is 0.322 e. The average Bonchev–Trinajstić information content (AvgIpc) is 2.63. The third kappa shape index (κ3) is 4.73. The van der Waals surface area contributed by atoms with Crippen molar-refractivity contribution in [2.45, 2.75) is 31.2 Å². The molecule has 0 aromatic heterocycles. The van der Waals surface area contributed by atoms with Gasteiger partial charge < -0.3 is 10.6 Å². The van der Waals surface area contributed by atoms with Crippen molar-refractivity contribution in [3.05, 3.63) is 57.2 Å². The van der Waals surface area contributed by atoms with E-state index < -0.39 is 10.0 Å². The van der Waals surface area contributed by atoms with Crippen LogP contribution in [0, 0.1) is 10.5 Å². The molecule has 3 rings (SSSR count). The molecule has 1 fully saturated rings. The summed E-state index contributed by atoms with van der Waals surface area (Å²) in [7, 11) is -3.56. The molecule has 0 atom stereocenters. The van der Waals surface area contributed by atoms with Gasteiger partial charge in [-0.2, -0.15) is 4.31 Å². The van der Waals surface area contributed by atoms with Gasteiger partial charge in [0, 0.05) is 40.0 Å². The van der Waals surface area contributed by atoms with E-state index in [0.29, 0.717) is 30.9 Å². The zero-order valence-corrected chi connectivity index (χ0v) is 19.1. The minimum absolute atomic E-state index is 0.225. The molecule has 2 aromatic rings. The highest BCUT2D eigenvalue weighted by atomic mass is 127. The minimum atomic E-state index is -3.56. The lowest BCUT2D eigenvalue weighted by molar-refractivity contribution is 0.102. The van der Waals surface area contributed by atoms with Crippen LogP contribution in [0.3, 0.4) is 0 Å². The van der Waals surface area contributed by atoms with E-state index in [1.54, 1.807) is 30.3 Å². The summed E-state index contributed by atoms with van der Waals surface area (Å²) in [6, 6.07) is 11.8. The second-order valence-electron chi connectivity index (χ2n) is 7.59. The molecule has 0 spiro atoms. The monoisotopic (exact) mass is 513 g/mol. The SMILES string of the molecule is Cc1ccc(C(=O)Nc2ccc(S(=O)(=O)N3CCNC(C)(C)C3)cc2)cc1I. The topological polar surface area (TPSA) is 78.5 Å². The summed E-state index contributed by atoms with van der Waals surface area (Å²) in [4.78, 5) is 12.7. The number of carbonyl (C=O) groups excluding carboxylic acids is 1. The van der Waals surface area contributed by atoms with Gasteiger partial charge in [0.05, 0.1) is 4.90 Å². The smallest absolute Gasteiger partial charge is 0.255 e. The Morgan fingerprint density at radius 3 is 2.46 bits per heavy atom. The van der Waals surface area contributed by atoms with E-state index in [4.69, 9.17) is 0 Å². The van der Waals surface area contributed by atoms with Crippen LogP contribution < -0.4 is 10.6 Å². The maximum absolute atomic E-state index is 12.9. The molecule has 0 saturated carbocycles. The summed E-state index contributed by atoms with van der Waals surface area (Å²) in [5.74, 6) is -0.225. The van der Waals surface area contributed by atoms with Crippen LogP contribution in [0.25, 0.3) is 0 Å². The summed E-state index contributed by atoms with van der Waals surface area (Å²) in [5, 5.41) is 6.13. The first-order valence-electron chi connectivity index (χ1n) is 9.01. The lowest BCUT2D eigenvalue weighted by Gasteiger charge is -2.38. The van der Waals surface area contributed by atoms with Gasteiger partial charge in [-0.1, -0.05) is 6.07 Å². The molecule has 0 unspecified atom stereocenters. The van der Waals surface area contributed by atoms with Gasteiger partial charge in [0.15, 0.2) is 0 Å². The molecule has 28 heavy (non-hydrogen) atoms. The van der Waals surface area contributed by atoms with Crippen LogP contribution >= 0.6 is 22.6 Å². The molecule has 6 nitrogen and oxygen atoms in total. The van der Waals surface area contributed by atoms with Crippen LogP contribution in [0.5, 0.6) is 0 Å². The summed E-state index contributed by atoms with van der Waals surface area (Å²) in [5.41, 5.74) is 1.97. The number of benzene rings is 2. The predicted molar refractivity (Wildman–Crippen MR) is 119 cm³/mol. The van der Waals surface area contributed by atoms with Crippen LogP contribution in [0.4, 0.5) is 5.69 Å². The zero-order chi connectivity index (χ0) is 20.5. The van der Waals surface area contributed by atoms with Crippen LogP contribution in [-0.2, 0) is 10.0 Å². The molecule has 1 aliphatic heterocycles. The maximum Gasteiger partial charge on any atom is 0.255 e. The number of aryl methyl sites for hydroxylation is 1. The summed E-state index contributed by atoms with van der Waals surface area (Å²) in [6.45, 7) is 7.44. The molecule has 1 aliphatic rings. The quantitative estimate of drug-likeness (QED) is 0.616. The van der Waals surface area contributed by atoms with Crippen molar-refractivity contribution in [2.24, 2.45) is 0 Å². The van der Waals surface area contributed by atoms with Gasteiger partial charge in [-0.3, -0.25) is 4.79 Å². The Hall–Kier alpha value is -1.49. The average molecular weight is 513 g/mol. The molecule has 8 heteroatoms. The second kappa shape index (κ2) is 8.10. The number of hydrogen-bond donors (Lipinski definition) is 2. The second-order valence-corrected chi connectivity index (χ2v) is 10.7. The normalized spacial score (nSPS) is 17.3. The number of rotatable bonds is 4. The summed E-state index contributed by atoms with van der Waals surface area (Å²) < 4.78 is 28.3. The molecule has 1 amide bonds. The lowest BCUT2D eigenvalue weighted by atomic mass is 10.0. The first-order valence-corrected chi connectivity index (χ1v) is 11.5. The van der Waals surface area contributed by atoms with Crippen molar-refractivity contribution < 1.29 is 13.2 Å². The molecule has 1 saturated heterocycles. The molecule has 2 N–H and O–H groups in total. The van der Waals surface area contributed by atoms with E-state index in [-0.39, 0.29) is 16.3 Å². The van der Waals surface area contributed by atoms with Gasteiger partial charge >= 0.3 is 0 Å². The Morgan fingerprint density at radius 2 is 1.86 bits per heavy atom. The van der Waals surface area contributed by atoms with Gasteiger partial charge in [0.25, 0.3) is 5.91 Å². The number of hydrogen-bond acceptors (Lipinski definition) is 4. The predicted octanol–water partition coefficient (Wildman–Crippen LogP) is 3.22. The molecule has 0 bridgehead atoms. The zero-order valence-electron chi connectivity index (χ0n) is 16.1. The van der Waals surface area contributed by atoms with Crippen molar-refractivity contribution in [1.29, 1.82) is 0 Å². The van der Waals surface area contributed by atoms with Crippen LogP contribution in [0.2, 0.25) is 0 Å². The van der Waals surface area contributed by atoms with Crippen molar-refractivity contribution in [2.75, 3.05) is 25.0 Å². The number of halogens is 1. The molecule has 0 radical (unpaired) electrons. The highest BCUT2D eigenvalue weighted by Crippen LogP contribution is 2.22.